The van der Waals surface area contributed by atoms with Gasteiger partial charge in [0.1, 0.15) is 17.9 Å². The maximum Gasteiger partial charge on any atom is 0.329 e. The van der Waals surface area contributed by atoms with Crippen molar-refractivity contribution in [2.45, 2.75) is 89.8 Å². The summed E-state index contributed by atoms with van der Waals surface area (Å²) in [7, 11) is 0. The van der Waals surface area contributed by atoms with Gasteiger partial charge in [0.25, 0.3) is 5.91 Å². The molecule has 5 rings (SSSR count). The number of ether oxygens (including phenoxy) is 1. The van der Waals surface area contributed by atoms with Gasteiger partial charge in [0.05, 0.1) is 11.5 Å². The molecule has 2 heterocycles. The van der Waals surface area contributed by atoms with Crippen LogP contribution in [0.2, 0.25) is 5.02 Å². The van der Waals surface area contributed by atoms with Gasteiger partial charge in [0.15, 0.2) is 11.9 Å². The molecule has 0 saturated heterocycles. The van der Waals surface area contributed by atoms with Crippen LogP contribution < -0.4 is 15.4 Å². The molecule has 0 spiro atoms. The van der Waals surface area contributed by atoms with E-state index in [0.717, 1.165) is 33.7 Å². The number of nitrogens with zero attached hydrogens (tertiary/aromatic N) is 2. The van der Waals surface area contributed by atoms with Crippen molar-refractivity contribution >= 4 is 40.7 Å². The third-order valence-electron chi connectivity index (χ3n) is 9.27. The van der Waals surface area contributed by atoms with Crippen LogP contribution in [-0.4, -0.2) is 56.7 Å². The van der Waals surface area contributed by atoms with Crippen LogP contribution in [0.15, 0.2) is 97.3 Å². The number of aliphatic hydroxyl groups excluding tert-OH is 1. The summed E-state index contributed by atoms with van der Waals surface area (Å²) >= 11 is 7.40. The molecule has 0 saturated carbocycles. The molecule has 2 unspecified atom stereocenters. The van der Waals surface area contributed by atoms with Crippen molar-refractivity contribution in [3.8, 4) is 28.3 Å². The van der Waals surface area contributed by atoms with E-state index in [1.807, 2.05) is 63.2 Å². The van der Waals surface area contributed by atoms with Crippen molar-refractivity contribution in [2.24, 2.45) is 0 Å². The maximum absolute atomic E-state index is 13.8. The van der Waals surface area contributed by atoms with E-state index in [1.54, 1.807) is 42.7 Å². The van der Waals surface area contributed by atoms with Crippen LogP contribution in [-0.2, 0) is 21.4 Å². The zero-order valence-electron chi connectivity index (χ0n) is 32.1. The van der Waals surface area contributed by atoms with E-state index in [9.17, 15) is 24.6 Å². The molecule has 0 fully saturated rings. The summed E-state index contributed by atoms with van der Waals surface area (Å²) in [6.07, 6.45) is 7.90. The van der Waals surface area contributed by atoms with Crippen LogP contribution in [0, 0.1) is 0 Å². The summed E-state index contributed by atoms with van der Waals surface area (Å²) in [5.74, 6) is -1.35. The zero-order chi connectivity index (χ0) is 40.2. The van der Waals surface area contributed by atoms with E-state index in [2.05, 4.69) is 27.5 Å². The minimum absolute atomic E-state index is 0.0350. The minimum Gasteiger partial charge on any atom is -0.494 e. The molecular weight excluding hydrogens is 748 g/mol. The van der Waals surface area contributed by atoms with Crippen LogP contribution in [0.3, 0.4) is 0 Å². The lowest BCUT2D eigenvalue weighted by Gasteiger charge is -2.24. The Labute approximate surface area is 337 Å². The van der Waals surface area contributed by atoms with Crippen molar-refractivity contribution in [3.63, 3.8) is 0 Å². The number of rotatable bonds is 18. The molecular formula is C44H49ClN4O6S. The lowest BCUT2D eigenvalue weighted by atomic mass is 9.95. The molecule has 0 aliphatic rings. The third-order valence-corrected chi connectivity index (χ3v) is 11.0. The van der Waals surface area contributed by atoms with Crippen molar-refractivity contribution in [1.82, 2.24) is 20.6 Å². The largest absolute Gasteiger partial charge is 0.494 e. The summed E-state index contributed by atoms with van der Waals surface area (Å²) in [4.78, 5) is 50.2. The van der Waals surface area contributed by atoms with Crippen LogP contribution >= 0.6 is 22.9 Å². The fraction of sp³-hybridized carbons (Fsp3) is 0.341. The number of aromatic nitrogens is 2. The number of hydrogen-bond donors (Lipinski definition) is 4. The molecule has 2 aromatic heterocycles. The molecule has 3 atom stereocenters. The highest BCUT2D eigenvalue weighted by molar-refractivity contribution is 7.14. The molecule has 0 radical (unpaired) electrons. The molecule has 56 heavy (non-hydrogen) atoms. The first-order chi connectivity index (χ1) is 26.8. The number of hydrogen-bond acceptors (Lipinski definition) is 8. The smallest absolute Gasteiger partial charge is 0.329 e. The second kappa shape index (κ2) is 19.7. The maximum atomic E-state index is 13.8. The van der Waals surface area contributed by atoms with Gasteiger partial charge in [-0.25, -0.2) is 14.8 Å². The topological polar surface area (TPSA) is 151 Å². The number of carbonyl (C=O) groups is 3. The summed E-state index contributed by atoms with van der Waals surface area (Å²) in [6, 6.07) is 22.0. The van der Waals surface area contributed by atoms with E-state index >= 15 is 0 Å². The van der Waals surface area contributed by atoms with Gasteiger partial charge in [-0.15, -0.1) is 11.3 Å². The van der Waals surface area contributed by atoms with Gasteiger partial charge < -0.3 is 25.6 Å². The van der Waals surface area contributed by atoms with E-state index in [-0.39, 0.29) is 17.4 Å². The number of aliphatic hydroxyl groups is 1. The van der Waals surface area contributed by atoms with Gasteiger partial charge in [-0.3, -0.25) is 9.59 Å². The second-order valence-electron chi connectivity index (χ2n) is 14.7. The molecule has 0 aliphatic heterocycles. The summed E-state index contributed by atoms with van der Waals surface area (Å²) < 4.78 is 5.90. The lowest BCUT2D eigenvalue weighted by Crippen LogP contribution is -2.54. The van der Waals surface area contributed by atoms with Crippen molar-refractivity contribution in [2.75, 3.05) is 6.61 Å². The van der Waals surface area contributed by atoms with E-state index in [0.29, 0.717) is 27.9 Å². The quantitative estimate of drug-likeness (QED) is 0.0643. The number of unbranched alkanes of at least 4 members (excludes halogenated alkanes) is 4. The van der Waals surface area contributed by atoms with Crippen molar-refractivity contribution in [3.05, 3.63) is 123 Å². The number of aliphatic carboxylic acids is 1. The molecule has 12 heteroatoms. The Bertz CT molecular complexity index is 2060. The fourth-order valence-electron chi connectivity index (χ4n) is 6.01. The zero-order valence-corrected chi connectivity index (χ0v) is 33.7. The predicted molar refractivity (Wildman–Crippen MR) is 221 cm³/mol. The van der Waals surface area contributed by atoms with E-state index in [4.69, 9.17) is 16.3 Å². The number of amides is 2. The summed E-state index contributed by atoms with van der Waals surface area (Å²) in [5.41, 5.74) is 3.31. The number of nitrogens with one attached hydrogen (secondary N) is 2. The van der Waals surface area contributed by atoms with Gasteiger partial charge in [-0.05, 0) is 64.9 Å². The van der Waals surface area contributed by atoms with Gasteiger partial charge >= 0.3 is 5.97 Å². The standard InChI is InChI=1S/C44H49ClN4O6S/c1-5-6-7-8-9-23-55-34-19-17-29(18-20-34)32-26-46-40(47-27-32)30-15-13-28(14-16-30)24-35(48-42(52)36-21-22-37(56-36)44(2,3)4)41(51)49-38(43(53)54)39(50)31-11-10-12-33(45)25-31/h10-22,25-27,35,38-39,50H,5-9,23-24H2,1-4H3,(H,48,52)(H,49,51)(H,53,54)/t35-,38?,39?/m0/s1. The first-order valence-corrected chi connectivity index (χ1v) is 20.0. The number of carboxylic acids is 1. The molecule has 10 nitrogen and oxygen atoms in total. The lowest BCUT2D eigenvalue weighted by molar-refractivity contribution is -0.145. The second-order valence-corrected chi connectivity index (χ2v) is 16.3. The molecule has 0 bridgehead atoms. The molecule has 294 valence electrons. The highest BCUT2D eigenvalue weighted by atomic mass is 35.5. The average molecular weight is 797 g/mol. The molecule has 4 N–H and O–H groups in total. The molecule has 3 aromatic carbocycles. The highest BCUT2D eigenvalue weighted by Crippen LogP contribution is 2.30. The van der Waals surface area contributed by atoms with Gasteiger partial charge in [0, 0.05) is 39.8 Å². The Kier molecular flexibility index (Phi) is 14.8. The van der Waals surface area contributed by atoms with Gasteiger partial charge in [-0.2, -0.15) is 0 Å². The predicted octanol–water partition coefficient (Wildman–Crippen LogP) is 8.82. The number of thiophene rings is 1. The van der Waals surface area contributed by atoms with Crippen LogP contribution in [0.25, 0.3) is 22.5 Å². The fourth-order valence-corrected chi connectivity index (χ4v) is 7.17. The van der Waals surface area contributed by atoms with Gasteiger partial charge in [0.2, 0.25) is 5.91 Å². The van der Waals surface area contributed by atoms with Gasteiger partial charge in [-0.1, -0.05) is 114 Å². The first kappa shape index (κ1) is 42.1. The highest BCUT2D eigenvalue weighted by Gasteiger charge is 2.33. The Morgan fingerprint density at radius 3 is 2.14 bits per heavy atom. The van der Waals surface area contributed by atoms with E-state index < -0.39 is 36.0 Å². The molecule has 2 amide bonds. The van der Waals surface area contributed by atoms with Crippen LogP contribution in [0.4, 0.5) is 0 Å². The monoisotopic (exact) mass is 796 g/mol. The van der Waals surface area contributed by atoms with Crippen molar-refractivity contribution in [1.29, 1.82) is 0 Å². The molecule has 0 aliphatic carbocycles. The Morgan fingerprint density at radius 2 is 1.52 bits per heavy atom. The normalized spacial score (nSPS) is 13.0. The first-order valence-electron chi connectivity index (χ1n) is 18.8. The number of carbonyl (C=O) groups excluding carboxylic acids is 2. The number of benzene rings is 3. The summed E-state index contributed by atoms with van der Waals surface area (Å²) in [5, 5.41) is 26.5. The number of carboxylic acid groups (broad SMARTS) is 1. The minimum atomic E-state index is -1.71. The Hall–Kier alpha value is -5.10. The van der Waals surface area contributed by atoms with Crippen molar-refractivity contribution < 1.29 is 29.3 Å². The van der Waals surface area contributed by atoms with E-state index in [1.165, 1.54) is 49.2 Å². The average Bonchev–Trinajstić information content (AvgIpc) is 3.70. The SMILES string of the molecule is CCCCCCCOc1ccc(-c2cnc(-c3ccc(C[C@H](NC(=O)c4ccc(C(C)(C)C)s4)C(=O)NC(C(=O)O)C(O)c4cccc(Cl)c4)cc3)nc2)cc1. The number of halogens is 1. The summed E-state index contributed by atoms with van der Waals surface area (Å²) in [6.45, 7) is 9.04. The third kappa shape index (κ3) is 11.7. The Morgan fingerprint density at radius 1 is 0.839 bits per heavy atom. The van der Waals surface area contributed by atoms with Crippen LogP contribution in [0.5, 0.6) is 5.75 Å². The molecule has 5 aromatic rings. The Balaban J connectivity index is 1.28. The van der Waals surface area contributed by atoms with Crippen LogP contribution in [0.1, 0.15) is 91.6 Å².